The van der Waals surface area contributed by atoms with Gasteiger partial charge in [0, 0.05) is 12.1 Å². The zero-order valence-corrected chi connectivity index (χ0v) is 18.4. The van der Waals surface area contributed by atoms with Gasteiger partial charge in [0.25, 0.3) is 5.91 Å². The Kier molecular flexibility index (Phi) is 6.32. The number of hydrogen-bond donors (Lipinski definition) is 1. The highest BCUT2D eigenvalue weighted by molar-refractivity contribution is 7.92. The van der Waals surface area contributed by atoms with Crippen molar-refractivity contribution < 1.29 is 13.2 Å². The number of sulfonamides is 1. The van der Waals surface area contributed by atoms with E-state index in [0.717, 1.165) is 23.1 Å². The van der Waals surface area contributed by atoms with E-state index in [9.17, 15) is 13.2 Å². The SMILES string of the molecule is Cc1ccccc1C(NC(=O)c1ccc(C)c(N2CCCCS2(=O)=O)c1)C(C)C. The third kappa shape index (κ3) is 4.64. The molecule has 1 N–H and O–H groups in total. The van der Waals surface area contributed by atoms with Crippen LogP contribution >= 0.6 is 0 Å². The summed E-state index contributed by atoms with van der Waals surface area (Å²) in [6.45, 7) is 8.55. The Labute approximate surface area is 174 Å². The second kappa shape index (κ2) is 8.57. The molecule has 0 aromatic heterocycles. The zero-order valence-electron chi connectivity index (χ0n) is 17.6. The number of rotatable bonds is 5. The summed E-state index contributed by atoms with van der Waals surface area (Å²) in [6.07, 6.45) is 1.52. The van der Waals surface area contributed by atoms with E-state index >= 15 is 0 Å². The van der Waals surface area contributed by atoms with Crippen LogP contribution in [-0.2, 0) is 10.0 Å². The van der Waals surface area contributed by atoms with Crippen molar-refractivity contribution in [1.29, 1.82) is 0 Å². The molecule has 0 bridgehead atoms. The summed E-state index contributed by atoms with van der Waals surface area (Å²) in [5.74, 6) is 0.182. The minimum absolute atomic E-state index is 0.118. The number of anilines is 1. The molecule has 1 amide bonds. The minimum Gasteiger partial charge on any atom is -0.345 e. The molecule has 1 aliphatic heterocycles. The zero-order chi connectivity index (χ0) is 21.2. The Hall–Kier alpha value is -2.34. The van der Waals surface area contributed by atoms with E-state index in [2.05, 4.69) is 19.2 Å². The molecule has 5 nitrogen and oxygen atoms in total. The van der Waals surface area contributed by atoms with Gasteiger partial charge in [0.05, 0.1) is 17.5 Å². The maximum Gasteiger partial charge on any atom is 0.251 e. The van der Waals surface area contributed by atoms with E-state index in [1.807, 2.05) is 44.2 Å². The van der Waals surface area contributed by atoms with Crippen LogP contribution in [-0.4, -0.2) is 26.6 Å². The van der Waals surface area contributed by atoms with Crippen LogP contribution in [0.25, 0.3) is 0 Å². The van der Waals surface area contributed by atoms with E-state index in [1.165, 1.54) is 4.31 Å². The van der Waals surface area contributed by atoms with Crippen LogP contribution in [0.5, 0.6) is 0 Å². The van der Waals surface area contributed by atoms with Crippen molar-refractivity contribution in [1.82, 2.24) is 5.32 Å². The predicted molar refractivity (Wildman–Crippen MR) is 118 cm³/mol. The highest BCUT2D eigenvalue weighted by atomic mass is 32.2. The number of nitrogens with zero attached hydrogens (tertiary/aromatic N) is 1. The van der Waals surface area contributed by atoms with Gasteiger partial charge in [0.2, 0.25) is 10.0 Å². The molecule has 29 heavy (non-hydrogen) atoms. The van der Waals surface area contributed by atoms with Gasteiger partial charge < -0.3 is 5.32 Å². The van der Waals surface area contributed by atoms with Crippen molar-refractivity contribution >= 4 is 21.6 Å². The summed E-state index contributed by atoms with van der Waals surface area (Å²) in [6, 6.07) is 13.2. The van der Waals surface area contributed by atoms with Gasteiger partial charge in [-0.15, -0.1) is 0 Å². The second-order valence-electron chi connectivity index (χ2n) is 8.15. The molecule has 1 unspecified atom stereocenters. The highest BCUT2D eigenvalue weighted by Crippen LogP contribution is 2.29. The summed E-state index contributed by atoms with van der Waals surface area (Å²) in [4.78, 5) is 13.1. The maximum atomic E-state index is 13.1. The first-order chi connectivity index (χ1) is 13.7. The fraction of sp³-hybridized carbons (Fsp3) is 0.435. The molecule has 1 fully saturated rings. The molecule has 2 aromatic carbocycles. The summed E-state index contributed by atoms with van der Waals surface area (Å²) in [5.41, 5.74) is 4.17. The fourth-order valence-corrected chi connectivity index (χ4v) is 5.54. The molecular formula is C23H30N2O3S. The van der Waals surface area contributed by atoms with Gasteiger partial charge in [-0.25, -0.2) is 8.42 Å². The highest BCUT2D eigenvalue weighted by Gasteiger charge is 2.28. The van der Waals surface area contributed by atoms with Crippen LogP contribution in [0.2, 0.25) is 0 Å². The molecule has 2 aromatic rings. The quantitative estimate of drug-likeness (QED) is 0.790. The monoisotopic (exact) mass is 414 g/mol. The van der Waals surface area contributed by atoms with E-state index < -0.39 is 10.0 Å². The molecular weight excluding hydrogens is 384 g/mol. The fourth-order valence-electron chi connectivity index (χ4n) is 3.84. The number of hydrogen-bond acceptors (Lipinski definition) is 3. The van der Waals surface area contributed by atoms with Gasteiger partial charge in [-0.1, -0.05) is 44.2 Å². The third-order valence-corrected chi connectivity index (χ3v) is 7.42. The van der Waals surface area contributed by atoms with Crippen LogP contribution in [0.1, 0.15) is 59.8 Å². The first kappa shape index (κ1) is 21.4. The van der Waals surface area contributed by atoms with Crippen molar-refractivity contribution in [3.63, 3.8) is 0 Å². The van der Waals surface area contributed by atoms with Gasteiger partial charge in [-0.2, -0.15) is 0 Å². The van der Waals surface area contributed by atoms with Gasteiger partial charge in [-0.05, 0) is 61.4 Å². The average molecular weight is 415 g/mol. The molecule has 1 heterocycles. The standard InChI is InChI=1S/C23H30N2O3S/c1-16(2)22(20-10-6-5-9-17(20)3)24-23(26)19-12-11-18(4)21(15-19)25-13-7-8-14-29(25,27)28/h5-6,9-12,15-16,22H,7-8,13-14H2,1-4H3,(H,24,26). The van der Waals surface area contributed by atoms with Crippen LogP contribution in [0.4, 0.5) is 5.69 Å². The van der Waals surface area contributed by atoms with E-state index in [0.29, 0.717) is 24.2 Å². The Bertz CT molecular complexity index is 999. The summed E-state index contributed by atoms with van der Waals surface area (Å²) in [7, 11) is -3.33. The lowest BCUT2D eigenvalue weighted by molar-refractivity contribution is 0.0925. The van der Waals surface area contributed by atoms with E-state index in [-0.39, 0.29) is 23.6 Å². The van der Waals surface area contributed by atoms with Gasteiger partial charge in [0.15, 0.2) is 0 Å². The normalized spacial score (nSPS) is 17.2. The number of amides is 1. The molecule has 6 heteroatoms. The lowest BCUT2D eigenvalue weighted by Gasteiger charge is -2.30. The number of aryl methyl sites for hydroxylation is 2. The number of carbonyl (C=O) groups excluding carboxylic acids is 1. The van der Waals surface area contributed by atoms with Crippen molar-refractivity contribution in [3.8, 4) is 0 Å². The second-order valence-corrected chi connectivity index (χ2v) is 10.2. The van der Waals surface area contributed by atoms with Crippen LogP contribution in [0.15, 0.2) is 42.5 Å². The molecule has 1 saturated heterocycles. The first-order valence-corrected chi connectivity index (χ1v) is 11.8. The number of benzene rings is 2. The topological polar surface area (TPSA) is 66.5 Å². The Morgan fingerprint density at radius 1 is 1.03 bits per heavy atom. The molecule has 0 saturated carbocycles. The predicted octanol–water partition coefficient (Wildman–Crippen LogP) is 4.36. The molecule has 3 rings (SSSR count). The lowest BCUT2D eigenvalue weighted by Crippen LogP contribution is -2.38. The van der Waals surface area contributed by atoms with Gasteiger partial charge in [0.1, 0.15) is 0 Å². The lowest BCUT2D eigenvalue weighted by atomic mass is 9.92. The Morgan fingerprint density at radius 3 is 2.41 bits per heavy atom. The van der Waals surface area contributed by atoms with Crippen molar-refractivity contribution in [2.75, 3.05) is 16.6 Å². The molecule has 1 aliphatic rings. The van der Waals surface area contributed by atoms with Crippen LogP contribution < -0.4 is 9.62 Å². The molecule has 156 valence electrons. The average Bonchev–Trinajstić information content (AvgIpc) is 2.67. The van der Waals surface area contributed by atoms with E-state index in [1.54, 1.807) is 12.1 Å². The van der Waals surface area contributed by atoms with Crippen LogP contribution in [0.3, 0.4) is 0 Å². The largest absolute Gasteiger partial charge is 0.345 e. The number of carbonyl (C=O) groups is 1. The van der Waals surface area contributed by atoms with Gasteiger partial charge >= 0.3 is 0 Å². The smallest absolute Gasteiger partial charge is 0.251 e. The summed E-state index contributed by atoms with van der Waals surface area (Å²) < 4.78 is 26.5. The maximum absolute atomic E-state index is 13.1. The summed E-state index contributed by atoms with van der Waals surface area (Å²) in [5, 5.41) is 3.15. The van der Waals surface area contributed by atoms with Gasteiger partial charge in [-0.3, -0.25) is 9.10 Å². The van der Waals surface area contributed by atoms with Crippen molar-refractivity contribution in [2.24, 2.45) is 5.92 Å². The van der Waals surface area contributed by atoms with Crippen molar-refractivity contribution in [2.45, 2.75) is 46.6 Å². The Balaban J connectivity index is 1.90. The molecule has 0 aliphatic carbocycles. The summed E-state index contributed by atoms with van der Waals surface area (Å²) >= 11 is 0. The van der Waals surface area contributed by atoms with E-state index in [4.69, 9.17) is 0 Å². The van der Waals surface area contributed by atoms with Crippen molar-refractivity contribution in [3.05, 3.63) is 64.7 Å². The number of nitrogens with one attached hydrogen (secondary N) is 1. The molecule has 1 atom stereocenters. The Morgan fingerprint density at radius 2 is 1.76 bits per heavy atom. The molecule has 0 spiro atoms. The van der Waals surface area contributed by atoms with Crippen LogP contribution in [0, 0.1) is 19.8 Å². The molecule has 0 radical (unpaired) electrons. The first-order valence-electron chi connectivity index (χ1n) is 10.2. The minimum atomic E-state index is -3.33. The third-order valence-electron chi connectivity index (χ3n) is 5.57.